The van der Waals surface area contributed by atoms with Crippen molar-refractivity contribution in [1.29, 1.82) is 0 Å². The fraction of sp³-hybridized carbons (Fsp3) is 0.600. The average Bonchev–Trinajstić information content (AvgIpc) is 2.73. The molecule has 0 bridgehead atoms. The second kappa shape index (κ2) is 4.83. The van der Waals surface area contributed by atoms with E-state index in [0.717, 1.165) is 12.0 Å². The summed E-state index contributed by atoms with van der Waals surface area (Å²) in [4.78, 5) is 1.30. The van der Waals surface area contributed by atoms with E-state index in [9.17, 15) is 8.42 Å². The number of fused-ring (bicyclic) bond motifs is 1. The molecule has 90 valence electrons. The van der Waals surface area contributed by atoms with E-state index in [1.807, 2.05) is 11.4 Å². The predicted molar refractivity (Wildman–Crippen MR) is 63.9 cm³/mol. The normalized spacial score (nSPS) is 17.3. The highest BCUT2D eigenvalue weighted by molar-refractivity contribution is 7.89. The zero-order chi connectivity index (χ0) is 11.6. The molecule has 2 heterocycles. The zero-order valence-corrected chi connectivity index (χ0v) is 10.6. The Hall–Kier alpha value is -0.430. The molecule has 1 aliphatic heterocycles. The number of sulfonamides is 1. The van der Waals surface area contributed by atoms with Crippen molar-refractivity contribution in [3.8, 4) is 0 Å². The maximum Gasteiger partial charge on any atom is 0.214 e. The van der Waals surface area contributed by atoms with Crippen molar-refractivity contribution >= 4 is 21.4 Å². The predicted octanol–water partition coefficient (Wildman–Crippen LogP) is 0.818. The molecule has 1 N–H and O–H groups in total. The van der Waals surface area contributed by atoms with E-state index >= 15 is 0 Å². The molecule has 6 heteroatoms. The van der Waals surface area contributed by atoms with Crippen LogP contribution in [0.25, 0.3) is 0 Å². The summed E-state index contributed by atoms with van der Waals surface area (Å²) in [6.07, 6.45) is 1.13. The Kier molecular flexibility index (Phi) is 3.63. The fourth-order valence-electron chi connectivity index (χ4n) is 1.84. The molecule has 1 aromatic rings. The van der Waals surface area contributed by atoms with Crippen LogP contribution in [-0.4, -0.2) is 36.7 Å². The molecule has 0 radical (unpaired) electrons. The molecule has 0 saturated carbocycles. The summed E-state index contributed by atoms with van der Waals surface area (Å²) in [7, 11) is -3.19. The lowest BCUT2D eigenvalue weighted by molar-refractivity contribution is 0.293. The summed E-state index contributed by atoms with van der Waals surface area (Å²) in [5, 5.41) is 10.7. The van der Waals surface area contributed by atoms with Crippen molar-refractivity contribution < 1.29 is 13.5 Å². The molecule has 0 saturated heterocycles. The van der Waals surface area contributed by atoms with Gasteiger partial charge in [-0.3, -0.25) is 0 Å². The molecule has 1 aliphatic rings. The van der Waals surface area contributed by atoms with Crippen molar-refractivity contribution in [2.75, 3.05) is 18.9 Å². The highest BCUT2D eigenvalue weighted by Crippen LogP contribution is 2.25. The van der Waals surface area contributed by atoms with E-state index in [2.05, 4.69) is 0 Å². The zero-order valence-electron chi connectivity index (χ0n) is 8.92. The summed E-state index contributed by atoms with van der Waals surface area (Å²) in [6, 6.07) is 1.99. The lowest BCUT2D eigenvalue weighted by Gasteiger charge is -2.26. The van der Waals surface area contributed by atoms with Crippen molar-refractivity contribution in [1.82, 2.24) is 4.31 Å². The third-order valence-corrected chi connectivity index (χ3v) is 5.65. The Labute approximate surface area is 99.6 Å². The van der Waals surface area contributed by atoms with E-state index < -0.39 is 10.0 Å². The van der Waals surface area contributed by atoms with Crippen LogP contribution in [0.15, 0.2) is 11.4 Å². The van der Waals surface area contributed by atoms with Gasteiger partial charge >= 0.3 is 0 Å². The first-order valence-electron chi connectivity index (χ1n) is 5.27. The average molecular weight is 261 g/mol. The lowest BCUT2D eigenvalue weighted by atomic mass is 10.1. The highest BCUT2D eigenvalue weighted by atomic mass is 32.2. The van der Waals surface area contributed by atoms with Gasteiger partial charge in [0.1, 0.15) is 0 Å². The van der Waals surface area contributed by atoms with Gasteiger partial charge in [0, 0.05) is 24.6 Å². The van der Waals surface area contributed by atoms with Crippen LogP contribution in [0.3, 0.4) is 0 Å². The minimum atomic E-state index is -3.19. The number of aliphatic hydroxyl groups is 1. The molecule has 16 heavy (non-hydrogen) atoms. The minimum Gasteiger partial charge on any atom is -0.396 e. The molecular formula is C10H15NO3S2. The molecule has 0 fully saturated rings. The Bertz CT molecular complexity index is 452. The van der Waals surface area contributed by atoms with Gasteiger partial charge in [0.05, 0.1) is 5.75 Å². The van der Waals surface area contributed by atoms with Crippen molar-refractivity contribution in [3.05, 3.63) is 21.9 Å². The first-order chi connectivity index (χ1) is 7.63. The Morgan fingerprint density at radius 2 is 2.31 bits per heavy atom. The van der Waals surface area contributed by atoms with Gasteiger partial charge in [-0.25, -0.2) is 8.42 Å². The first-order valence-corrected chi connectivity index (χ1v) is 7.76. The Balaban J connectivity index is 2.08. The lowest BCUT2D eigenvalue weighted by Crippen LogP contribution is -2.37. The van der Waals surface area contributed by atoms with Crippen LogP contribution in [0.4, 0.5) is 0 Å². The molecule has 0 atom stereocenters. The van der Waals surface area contributed by atoms with E-state index in [-0.39, 0.29) is 12.4 Å². The van der Waals surface area contributed by atoms with E-state index in [1.54, 1.807) is 11.3 Å². The standard InChI is InChI=1S/C10H15NO3S2/c12-5-1-7-16(13,14)11-4-2-10-9(8-11)3-6-15-10/h3,6,12H,1-2,4-5,7-8H2. The topological polar surface area (TPSA) is 57.6 Å². The highest BCUT2D eigenvalue weighted by Gasteiger charge is 2.26. The molecule has 0 unspecified atom stereocenters. The van der Waals surface area contributed by atoms with Gasteiger partial charge in [0.15, 0.2) is 0 Å². The summed E-state index contributed by atoms with van der Waals surface area (Å²) in [6.45, 7) is 0.991. The monoisotopic (exact) mass is 261 g/mol. The van der Waals surface area contributed by atoms with Crippen molar-refractivity contribution in [2.24, 2.45) is 0 Å². The van der Waals surface area contributed by atoms with Gasteiger partial charge < -0.3 is 5.11 Å². The number of thiophene rings is 1. The van der Waals surface area contributed by atoms with Crippen molar-refractivity contribution in [2.45, 2.75) is 19.4 Å². The maximum absolute atomic E-state index is 11.9. The van der Waals surface area contributed by atoms with Crippen LogP contribution in [0, 0.1) is 0 Å². The van der Waals surface area contributed by atoms with Gasteiger partial charge in [0.2, 0.25) is 10.0 Å². The first kappa shape index (κ1) is 12.0. The molecule has 4 nitrogen and oxygen atoms in total. The van der Waals surface area contributed by atoms with Crippen LogP contribution in [-0.2, 0) is 23.0 Å². The quantitative estimate of drug-likeness (QED) is 0.873. The van der Waals surface area contributed by atoms with Gasteiger partial charge in [-0.15, -0.1) is 11.3 Å². The molecule has 0 aromatic carbocycles. The number of nitrogens with zero attached hydrogens (tertiary/aromatic N) is 1. The summed E-state index contributed by atoms with van der Waals surface area (Å²) in [5.41, 5.74) is 1.13. The largest absolute Gasteiger partial charge is 0.396 e. The van der Waals surface area contributed by atoms with Crippen LogP contribution >= 0.6 is 11.3 Å². The summed E-state index contributed by atoms with van der Waals surface area (Å²) in [5.74, 6) is 0.0446. The number of hydrogen-bond acceptors (Lipinski definition) is 4. The maximum atomic E-state index is 11.9. The SMILES string of the molecule is O=S(=O)(CCCO)N1CCc2sccc2C1. The minimum absolute atomic E-state index is 0.0446. The van der Waals surface area contributed by atoms with E-state index in [4.69, 9.17) is 5.11 Å². The van der Waals surface area contributed by atoms with Gasteiger partial charge in [0.25, 0.3) is 0 Å². The summed E-state index contributed by atoms with van der Waals surface area (Å²) >= 11 is 1.69. The fourth-order valence-corrected chi connectivity index (χ4v) is 4.18. The Morgan fingerprint density at radius 1 is 1.50 bits per heavy atom. The van der Waals surface area contributed by atoms with E-state index in [0.29, 0.717) is 19.5 Å². The van der Waals surface area contributed by atoms with Crippen LogP contribution < -0.4 is 0 Å². The van der Waals surface area contributed by atoms with Gasteiger partial charge in [-0.2, -0.15) is 4.31 Å². The van der Waals surface area contributed by atoms with Gasteiger partial charge in [-0.1, -0.05) is 0 Å². The van der Waals surface area contributed by atoms with Crippen LogP contribution in [0.2, 0.25) is 0 Å². The second-order valence-electron chi connectivity index (χ2n) is 3.85. The molecular weight excluding hydrogens is 246 g/mol. The second-order valence-corrected chi connectivity index (χ2v) is 6.93. The molecule has 0 aliphatic carbocycles. The van der Waals surface area contributed by atoms with E-state index in [1.165, 1.54) is 9.18 Å². The summed E-state index contributed by atoms with van der Waals surface area (Å²) < 4.78 is 25.3. The van der Waals surface area contributed by atoms with Crippen molar-refractivity contribution in [3.63, 3.8) is 0 Å². The number of aliphatic hydroxyl groups excluding tert-OH is 1. The smallest absolute Gasteiger partial charge is 0.214 e. The third-order valence-electron chi connectivity index (χ3n) is 2.73. The number of hydrogen-bond donors (Lipinski definition) is 1. The third kappa shape index (κ3) is 2.45. The van der Waals surface area contributed by atoms with Crippen LogP contribution in [0.1, 0.15) is 16.9 Å². The molecule has 2 rings (SSSR count). The molecule has 0 amide bonds. The molecule has 0 spiro atoms. The molecule has 1 aromatic heterocycles. The Morgan fingerprint density at radius 3 is 3.06 bits per heavy atom. The number of rotatable bonds is 4. The van der Waals surface area contributed by atoms with Gasteiger partial charge in [-0.05, 0) is 29.9 Å². The van der Waals surface area contributed by atoms with Crippen LogP contribution in [0.5, 0.6) is 0 Å².